The van der Waals surface area contributed by atoms with Gasteiger partial charge in [0.05, 0.1) is 71.1 Å². The van der Waals surface area contributed by atoms with Crippen LogP contribution < -0.4 is 0 Å². The fourth-order valence-electron chi connectivity index (χ4n) is 8.03. The first-order valence-electron chi connectivity index (χ1n) is 16.6. The van der Waals surface area contributed by atoms with E-state index >= 15 is 0 Å². The first-order valence-corrected chi connectivity index (χ1v) is 18.0. The van der Waals surface area contributed by atoms with Crippen molar-refractivity contribution in [1.29, 1.82) is 5.26 Å². The number of fused-ring (bicyclic) bond motifs is 8. The van der Waals surface area contributed by atoms with E-state index in [-0.39, 0.29) is 9.79 Å². The zero-order valence-corrected chi connectivity index (χ0v) is 27.6. The highest BCUT2D eigenvalue weighted by molar-refractivity contribution is 7.91. The second-order valence-electron chi connectivity index (χ2n) is 12.9. The van der Waals surface area contributed by atoms with Gasteiger partial charge in [-0.2, -0.15) is 5.26 Å². The topological polar surface area (TPSA) is 93.0 Å². The highest BCUT2D eigenvalue weighted by atomic mass is 32.2. The molecule has 8 heteroatoms. The Morgan fingerprint density at radius 2 is 1.14 bits per heavy atom. The summed E-state index contributed by atoms with van der Waals surface area (Å²) in [7, 11) is -3.78. The van der Waals surface area contributed by atoms with Crippen LogP contribution in [0, 0.1) is 11.3 Å². The van der Waals surface area contributed by atoms with Gasteiger partial charge in [-0.05, 0) is 96.4 Å². The highest BCUT2D eigenvalue weighted by Gasteiger charge is 2.24. The third-order valence-corrected chi connectivity index (χ3v) is 12.1. The van der Waals surface area contributed by atoms with E-state index in [1.165, 1.54) is 29.7 Å². The van der Waals surface area contributed by atoms with Gasteiger partial charge in [0, 0.05) is 32.6 Å². The van der Waals surface area contributed by atoms with Crippen molar-refractivity contribution < 1.29 is 8.42 Å². The molecule has 7 nitrogen and oxygen atoms in total. The summed E-state index contributed by atoms with van der Waals surface area (Å²) in [5.74, 6) is 0. The number of nitrogens with zero attached hydrogens (tertiary/aromatic N) is 5. The lowest BCUT2D eigenvalue weighted by atomic mass is 10.0. The molecule has 0 spiro atoms. The van der Waals surface area contributed by atoms with E-state index in [1.807, 2.05) is 42.5 Å². The van der Waals surface area contributed by atoms with Crippen LogP contribution in [0.4, 0.5) is 0 Å². The lowest BCUT2D eigenvalue weighted by molar-refractivity contribution is 0.596. The van der Waals surface area contributed by atoms with Crippen LogP contribution in [0.1, 0.15) is 5.56 Å². The standard InChI is InChI=1S/C43H23N5O2S/c44-24-25-12-16-27(17-13-25)51(49,50)28-18-14-26(15-19-28)47-38-11-5-7-30-32-22-35-36(46-34-9-3-2-8-33(34)45-35)23-40(32)48-37-10-4-1-6-29(37)31-20-21-39(47)42(41(30)38)43(31)48/h1-23H. The zero-order valence-electron chi connectivity index (χ0n) is 26.7. The van der Waals surface area contributed by atoms with Gasteiger partial charge in [-0.3, -0.25) is 0 Å². The quantitative estimate of drug-likeness (QED) is 0.174. The maximum Gasteiger partial charge on any atom is 0.206 e. The van der Waals surface area contributed by atoms with Crippen LogP contribution in [-0.4, -0.2) is 27.4 Å². The number of rotatable bonds is 3. The molecule has 7 aromatic carbocycles. The van der Waals surface area contributed by atoms with E-state index in [0.717, 1.165) is 82.3 Å². The minimum absolute atomic E-state index is 0.150. The number of hydrogen-bond donors (Lipinski definition) is 0. The third kappa shape index (κ3) is 3.73. The van der Waals surface area contributed by atoms with Crippen molar-refractivity contribution in [2.24, 2.45) is 0 Å². The van der Waals surface area contributed by atoms with Gasteiger partial charge in [-0.15, -0.1) is 0 Å². The Hall–Kier alpha value is -6.82. The van der Waals surface area contributed by atoms with Gasteiger partial charge in [-0.25, -0.2) is 18.4 Å². The summed E-state index contributed by atoms with van der Waals surface area (Å²) in [4.78, 5) is 10.4. The monoisotopic (exact) mass is 673 g/mol. The molecule has 0 amide bonds. The minimum Gasteiger partial charge on any atom is -0.309 e. The van der Waals surface area contributed by atoms with Crippen LogP contribution in [0.15, 0.2) is 149 Å². The number of aromatic nitrogens is 4. The first kappa shape index (κ1) is 28.1. The molecular formula is C43H23N5O2S. The predicted octanol–water partition coefficient (Wildman–Crippen LogP) is 9.73. The Morgan fingerprint density at radius 3 is 1.88 bits per heavy atom. The van der Waals surface area contributed by atoms with Gasteiger partial charge in [0.15, 0.2) is 0 Å². The zero-order chi connectivity index (χ0) is 34.0. The molecule has 0 atom stereocenters. The van der Waals surface area contributed by atoms with E-state index in [9.17, 15) is 8.42 Å². The average molecular weight is 674 g/mol. The van der Waals surface area contributed by atoms with Crippen LogP contribution in [0.2, 0.25) is 0 Å². The summed E-state index contributed by atoms with van der Waals surface area (Å²) in [6.45, 7) is 0. The number of benzene rings is 7. The number of hydrogen-bond acceptors (Lipinski definition) is 5. The van der Waals surface area contributed by atoms with Crippen molar-refractivity contribution in [1.82, 2.24) is 18.9 Å². The lowest BCUT2D eigenvalue weighted by Gasteiger charge is -2.11. The van der Waals surface area contributed by atoms with Crippen molar-refractivity contribution in [3.8, 4) is 11.8 Å². The fraction of sp³-hybridized carbons (Fsp3) is 0. The second-order valence-corrected chi connectivity index (χ2v) is 14.9. The van der Waals surface area contributed by atoms with Gasteiger partial charge >= 0.3 is 0 Å². The minimum atomic E-state index is -3.78. The van der Waals surface area contributed by atoms with Crippen molar-refractivity contribution in [3.05, 3.63) is 145 Å². The maximum atomic E-state index is 13.6. The molecule has 0 N–H and O–H groups in total. The third-order valence-electron chi connectivity index (χ3n) is 10.3. The summed E-state index contributed by atoms with van der Waals surface area (Å²) in [5.41, 5.74) is 9.98. The van der Waals surface area contributed by atoms with E-state index in [0.29, 0.717) is 5.56 Å². The lowest BCUT2D eigenvalue weighted by Crippen LogP contribution is -2.03. The summed E-state index contributed by atoms with van der Waals surface area (Å²) in [6.07, 6.45) is 0. The van der Waals surface area contributed by atoms with Crippen molar-refractivity contribution in [2.45, 2.75) is 9.79 Å². The number of nitriles is 1. The Balaban J connectivity index is 1.25. The van der Waals surface area contributed by atoms with E-state index in [1.54, 1.807) is 12.1 Å². The molecule has 4 heterocycles. The van der Waals surface area contributed by atoms with Gasteiger partial charge in [0.25, 0.3) is 0 Å². The Morgan fingerprint density at radius 1 is 0.510 bits per heavy atom. The highest BCUT2D eigenvalue weighted by Crippen LogP contribution is 2.45. The summed E-state index contributed by atoms with van der Waals surface area (Å²) in [5, 5.41) is 15.9. The average Bonchev–Trinajstić information content (AvgIpc) is 3.65. The second kappa shape index (κ2) is 9.88. The van der Waals surface area contributed by atoms with Crippen molar-refractivity contribution >= 4 is 91.8 Å². The molecule has 0 fully saturated rings. The van der Waals surface area contributed by atoms with Gasteiger partial charge in [0.2, 0.25) is 9.84 Å². The molecule has 0 saturated carbocycles. The molecule has 0 bridgehead atoms. The van der Waals surface area contributed by atoms with Crippen LogP contribution in [0.5, 0.6) is 0 Å². The van der Waals surface area contributed by atoms with Crippen molar-refractivity contribution in [2.75, 3.05) is 0 Å². The summed E-state index contributed by atoms with van der Waals surface area (Å²) >= 11 is 0. The van der Waals surface area contributed by atoms with Crippen LogP contribution >= 0.6 is 0 Å². The molecule has 51 heavy (non-hydrogen) atoms. The molecule has 11 aromatic rings. The molecule has 4 aromatic heterocycles. The van der Waals surface area contributed by atoms with Crippen LogP contribution in [-0.2, 0) is 9.84 Å². The van der Waals surface area contributed by atoms with E-state index in [4.69, 9.17) is 15.2 Å². The van der Waals surface area contributed by atoms with Crippen LogP contribution in [0.3, 0.4) is 0 Å². The number of sulfone groups is 1. The fourth-order valence-corrected chi connectivity index (χ4v) is 9.29. The number of para-hydroxylation sites is 3. The predicted molar refractivity (Wildman–Crippen MR) is 203 cm³/mol. The Bertz CT molecular complexity index is 3430. The molecule has 0 unspecified atom stereocenters. The van der Waals surface area contributed by atoms with Gasteiger partial charge in [0.1, 0.15) is 0 Å². The van der Waals surface area contributed by atoms with Crippen molar-refractivity contribution in [3.63, 3.8) is 0 Å². The SMILES string of the molecule is N#Cc1ccc(S(=O)(=O)c2ccc(-n3c4cccc5c6cc7nc8ccccc8nc7cc6n6c7ccccc7c7ccc3c(c54)c76)cc2)cc1. The van der Waals surface area contributed by atoms with E-state index in [2.05, 4.69) is 75.7 Å². The first-order chi connectivity index (χ1) is 25.0. The molecule has 0 aliphatic rings. The Kier molecular flexibility index (Phi) is 5.44. The maximum absolute atomic E-state index is 13.6. The molecule has 0 radical (unpaired) electrons. The Labute approximate surface area is 290 Å². The molecule has 11 rings (SSSR count). The summed E-state index contributed by atoms with van der Waals surface area (Å²) < 4.78 is 31.7. The molecule has 0 saturated heterocycles. The van der Waals surface area contributed by atoms with Gasteiger partial charge < -0.3 is 8.97 Å². The molecule has 238 valence electrons. The van der Waals surface area contributed by atoms with Crippen LogP contribution in [0.25, 0.3) is 87.7 Å². The van der Waals surface area contributed by atoms with E-state index < -0.39 is 9.84 Å². The molecule has 0 aliphatic heterocycles. The van der Waals surface area contributed by atoms with Gasteiger partial charge in [-0.1, -0.05) is 48.5 Å². The normalized spacial score (nSPS) is 12.5. The molecule has 0 aliphatic carbocycles. The smallest absolute Gasteiger partial charge is 0.206 e. The summed E-state index contributed by atoms with van der Waals surface area (Å²) in [6, 6.07) is 46.8. The largest absolute Gasteiger partial charge is 0.309 e. The molecular weight excluding hydrogens is 651 g/mol.